The van der Waals surface area contributed by atoms with Crippen molar-refractivity contribution in [2.75, 3.05) is 0 Å². The monoisotopic (exact) mass is 299 g/mol. The molecule has 0 aliphatic carbocycles. The highest BCUT2D eigenvalue weighted by Crippen LogP contribution is 2.27. The number of thiocarbonyl (C=S) groups is 1. The molecule has 0 bridgehead atoms. The maximum absolute atomic E-state index is 5.85. The van der Waals surface area contributed by atoms with E-state index in [9.17, 15) is 0 Å². The zero-order valence-corrected chi connectivity index (χ0v) is 11.3. The van der Waals surface area contributed by atoms with E-state index in [1.165, 1.54) is 12.4 Å². The molecule has 0 saturated carbocycles. The van der Waals surface area contributed by atoms with Crippen molar-refractivity contribution in [2.45, 2.75) is 0 Å². The SMILES string of the molecule is NC(=S)c1cnc(Oc2cc(Cl)cc(Cl)c2)cn1. The Morgan fingerprint density at radius 1 is 1.11 bits per heavy atom. The van der Waals surface area contributed by atoms with E-state index in [1.807, 2.05) is 0 Å². The lowest BCUT2D eigenvalue weighted by atomic mass is 10.3. The van der Waals surface area contributed by atoms with Gasteiger partial charge in [-0.2, -0.15) is 0 Å². The molecule has 0 amide bonds. The first-order valence-corrected chi connectivity index (χ1v) is 5.97. The molecule has 0 unspecified atom stereocenters. The summed E-state index contributed by atoms with van der Waals surface area (Å²) in [5.74, 6) is 0.776. The lowest BCUT2D eigenvalue weighted by molar-refractivity contribution is 0.460. The van der Waals surface area contributed by atoms with Crippen LogP contribution < -0.4 is 10.5 Å². The molecule has 1 aromatic carbocycles. The van der Waals surface area contributed by atoms with Gasteiger partial charge in [-0.05, 0) is 18.2 Å². The van der Waals surface area contributed by atoms with Gasteiger partial charge in [0.25, 0.3) is 0 Å². The van der Waals surface area contributed by atoms with Crippen LogP contribution in [-0.2, 0) is 0 Å². The highest BCUT2D eigenvalue weighted by Gasteiger charge is 2.04. The lowest BCUT2D eigenvalue weighted by Gasteiger charge is -2.05. The van der Waals surface area contributed by atoms with E-state index >= 15 is 0 Å². The van der Waals surface area contributed by atoms with Crippen LogP contribution in [0.2, 0.25) is 10.0 Å². The Morgan fingerprint density at radius 3 is 2.28 bits per heavy atom. The second kappa shape index (κ2) is 5.48. The molecular weight excluding hydrogens is 293 g/mol. The fourth-order valence-corrected chi connectivity index (χ4v) is 1.82. The zero-order valence-electron chi connectivity index (χ0n) is 8.93. The third kappa shape index (κ3) is 3.29. The van der Waals surface area contributed by atoms with Crippen molar-refractivity contribution in [2.24, 2.45) is 5.73 Å². The molecule has 92 valence electrons. The number of hydrogen-bond donors (Lipinski definition) is 1. The van der Waals surface area contributed by atoms with Gasteiger partial charge in [0.1, 0.15) is 16.4 Å². The number of aromatic nitrogens is 2. The maximum atomic E-state index is 5.85. The van der Waals surface area contributed by atoms with Gasteiger partial charge in [0, 0.05) is 10.0 Å². The molecule has 0 spiro atoms. The van der Waals surface area contributed by atoms with E-state index in [0.717, 1.165) is 0 Å². The van der Waals surface area contributed by atoms with Crippen LogP contribution in [0.5, 0.6) is 11.6 Å². The number of halogens is 2. The number of rotatable bonds is 3. The third-order valence-electron chi connectivity index (χ3n) is 1.94. The van der Waals surface area contributed by atoms with E-state index in [0.29, 0.717) is 27.4 Å². The number of benzene rings is 1. The predicted octanol–water partition coefficient (Wildman–Crippen LogP) is 3.21. The minimum Gasteiger partial charge on any atom is -0.437 e. The van der Waals surface area contributed by atoms with Gasteiger partial charge >= 0.3 is 0 Å². The Bertz CT molecular complexity index is 569. The van der Waals surface area contributed by atoms with Crippen LogP contribution in [0.3, 0.4) is 0 Å². The van der Waals surface area contributed by atoms with Gasteiger partial charge in [-0.25, -0.2) is 9.97 Å². The van der Waals surface area contributed by atoms with Crippen LogP contribution in [0.4, 0.5) is 0 Å². The summed E-state index contributed by atoms with van der Waals surface area (Å²) in [6, 6.07) is 4.85. The Hall–Kier alpha value is -1.43. The second-order valence-electron chi connectivity index (χ2n) is 3.31. The molecule has 0 atom stereocenters. The second-order valence-corrected chi connectivity index (χ2v) is 4.62. The molecule has 1 aromatic heterocycles. The number of ether oxygens (including phenoxy) is 1. The van der Waals surface area contributed by atoms with Crippen LogP contribution >= 0.6 is 35.4 Å². The van der Waals surface area contributed by atoms with Gasteiger partial charge in [-0.1, -0.05) is 35.4 Å². The minimum atomic E-state index is 0.180. The van der Waals surface area contributed by atoms with Crippen molar-refractivity contribution in [3.8, 4) is 11.6 Å². The first-order chi connectivity index (χ1) is 8.54. The normalized spacial score (nSPS) is 10.1. The Labute approximate surface area is 119 Å². The summed E-state index contributed by atoms with van der Waals surface area (Å²) in [6.45, 7) is 0. The summed E-state index contributed by atoms with van der Waals surface area (Å²) in [7, 11) is 0. The summed E-state index contributed by atoms with van der Waals surface area (Å²) in [4.78, 5) is 8.20. The Morgan fingerprint density at radius 2 is 1.78 bits per heavy atom. The first-order valence-electron chi connectivity index (χ1n) is 4.80. The molecule has 18 heavy (non-hydrogen) atoms. The molecule has 0 fully saturated rings. The predicted molar refractivity (Wildman–Crippen MR) is 74.5 cm³/mol. The molecule has 4 nitrogen and oxygen atoms in total. The van der Waals surface area contributed by atoms with E-state index < -0.39 is 0 Å². The van der Waals surface area contributed by atoms with Crippen LogP contribution in [0.25, 0.3) is 0 Å². The topological polar surface area (TPSA) is 61.0 Å². The third-order valence-corrected chi connectivity index (χ3v) is 2.58. The van der Waals surface area contributed by atoms with Crippen molar-refractivity contribution < 1.29 is 4.74 Å². The van der Waals surface area contributed by atoms with Crippen molar-refractivity contribution in [1.82, 2.24) is 9.97 Å². The van der Waals surface area contributed by atoms with Crippen LogP contribution in [0.15, 0.2) is 30.6 Å². The smallest absolute Gasteiger partial charge is 0.237 e. The molecule has 0 aliphatic heterocycles. The number of hydrogen-bond acceptors (Lipinski definition) is 4. The fourth-order valence-electron chi connectivity index (χ4n) is 1.20. The number of nitrogens with two attached hydrogens (primary N) is 1. The van der Waals surface area contributed by atoms with Gasteiger partial charge in [0.2, 0.25) is 5.88 Å². The van der Waals surface area contributed by atoms with E-state index in [2.05, 4.69) is 9.97 Å². The molecular formula is C11H7Cl2N3OS. The van der Waals surface area contributed by atoms with E-state index in [1.54, 1.807) is 18.2 Å². The largest absolute Gasteiger partial charge is 0.437 e. The average molecular weight is 300 g/mol. The summed E-state index contributed by atoms with van der Waals surface area (Å²) in [6.07, 6.45) is 2.85. The maximum Gasteiger partial charge on any atom is 0.237 e. The average Bonchev–Trinajstić information content (AvgIpc) is 2.28. The van der Waals surface area contributed by atoms with Crippen molar-refractivity contribution in [1.29, 1.82) is 0 Å². The van der Waals surface area contributed by atoms with Crippen molar-refractivity contribution in [3.63, 3.8) is 0 Å². The molecule has 1 heterocycles. The standard InChI is InChI=1S/C11H7Cl2N3OS/c12-6-1-7(13)3-8(2-6)17-10-5-15-9(4-16-10)11(14)18/h1-5H,(H2,14,18). The highest BCUT2D eigenvalue weighted by molar-refractivity contribution is 7.80. The van der Waals surface area contributed by atoms with Gasteiger partial charge in [0.05, 0.1) is 12.4 Å². The van der Waals surface area contributed by atoms with Gasteiger partial charge in [-0.3, -0.25) is 0 Å². The zero-order chi connectivity index (χ0) is 13.1. The highest BCUT2D eigenvalue weighted by atomic mass is 35.5. The van der Waals surface area contributed by atoms with E-state index in [-0.39, 0.29) is 4.99 Å². The summed E-state index contributed by atoms with van der Waals surface area (Å²) in [5, 5.41) is 0.954. The van der Waals surface area contributed by atoms with Crippen molar-refractivity contribution in [3.05, 3.63) is 46.3 Å². The summed E-state index contributed by atoms with van der Waals surface area (Å²) >= 11 is 16.5. The molecule has 0 radical (unpaired) electrons. The van der Waals surface area contributed by atoms with Crippen molar-refractivity contribution >= 4 is 40.4 Å². The first kappa shape index (κ1) is 13.0. The quantitative estimate of drug-likeness (QED) is 0.882. The van der Waals surface area contributed by atoms with Gasteiger partial charge in [-0.15, -0.1) is 0 Å². The Balaban J connectivity index is 2.20. The molecule has 7 heteroatoms. The minimum absolute atomic E-state index is 0.180. The summed E-state index contributed by atoms with van der Waals surface area (Å²) in [5.41, 5.74) is 5.84. The molecule has 2 rings (SSSR count). The van der Waals surface area contributed by atoms with Crippen LogP contribution in [0, 0.1) is 0 Å². The van der Waals surface area contributed by atoms with E-state index in [4.69, 9.17) is 45.9 Å². The van der Waals surface area contributed by atoms with Crippen LogP contribution in [-0.4, -0.2) is 15.0 Å². The molecule has 2 aromatic rings. The van der Waals surface area contributed by atoms with Gasteiger partial charge in [0.15, 0.2) is 0 Å². The summed E-state index contributed by atoms with van der Waals surface area (Å²) < 4.78 is 5.45. The molecule has 2 N–H and O–H groups in total. The fraction of sp³-hybridized carbons (Fsp3) is 0. The molecule has 0 aliphatic rings. The Kier molecular flexibility index (Phi) is 3.96. The number of nitrogens with zero attached hydrogens (tertiary/aromatic N) is 2. The van der Waals surface area contributed by atoms with Gasteiger partial charge < -0.3 is 10.5 Å². The lowest BCUT2D eigenvalue weighted by Crippen LogP contribution is -2.11. The molecule has 0 saturated heterocycles. The van der Waals surface area contributed by atoms with Crippen LogP contribution in [0.1, 0.15) is 5.69 Å².